The maximum absolute atomic E-state index is 12.1. The minimum Gasteiger partial charge on any atom is -0.325 e. The number of hydrogen-bond acceptors (Lipinski definition) is 4. The molecule has 0 saturated carbocycles. The largest absolute Gasteiger partial charge is 0.325 e. The van der Waals surface area contributed by atoms with E-state index in [9.17, 15) is 13.2 Å². The van der Waals surface area contributed by atoms with Gasteiger partial charge in [-0.3, -0.25) is 4.79 Å². The molecule has 0 radical (unpaired) electrons. The number of anilines is 1. The normalized spacial score (nSPS) is 10.7. The number of nitrogens with zero attached hydrogens (tertiary/aromatic N) is 1. The van der Waals surface area contributed by atoms with Gasteiger partial charge in [-0.05, 0) is 29.8 Å². The van der Waals surface area contributed by atoms with Gasteiger partial charge in [0.15, 0.2) is 9.84 Å². The van der Waals surface area contributed by atoms with Crippen LogP contribution in [-0.2, 0) is 20.4 Å². The van der Waals surface area contributed by atoms with Gasteiger partial charge in [0.25, 0.3) is 0 Å². The van der Waals surface area contributed by atoms with Crippen molar-refractivity contribution in [3.8, 4) is 6.07 Å². The van der Waals surface area contributed by atoms with Gasteiger partial charge >= 0.3 is 0 Å². The van der Waals surface area contributed by atoms with Crippen molar-refractivity contribution in [3.63, 3.8) is 0 Å². The summed E-state index contributed by atoms with van der Waals surface area (Å²) in [5, 5.41) is 11.3. The molecular formula is C16H14N2O3S. The number of para-hydroxylation sites is 1. The zero-order valence-electron chi connectivity index (χ0n) is 11.7. The Kier molecular flexibility index (Phi) is 4.92. The van der Waals surface area contributed by atoms with Gasteiger partial charge in [0.1, 0.15) is 5.75 Å². The molecule has 0 aliphatic rings. The molecule has 0 aromatic heterocycles. The number of rotatable bonds is 5. The maximum Gasteiger partial charge on any atom is 0.239 e. The number of nitriles is 1. The van der Waals surface area contributed by atoms with Crippen molar-refractivity contribution in [1.82, 2.24) is 0 Å². The summed E-state index contributed by atoms with van der Waals surface area (Å²) in [7, 11) is -3.60. The minimum absolute atomic E-state index is 0.273. The summed E-state index contributed by atoms with van der Waals surface area (Å²) in [4.78, 5) is 11.8. The number of carbonyl (C=O) groups is 1. The molecule has 0 aliphatic carbocycles. The lowest BCUT2D eigenvalue weighted by Gasteiger charge is -2.06. The summed E-state index contributed by atoms with van der Waals surface area (Å²) in [5.74, 6) is -1.45. The predicted octanol–water partition coefficient (Wildman–Crippen LogP) is 2.11. The van der Waals surface area contributed by atoms with Gasteiger partial charge in [-0.15, -0.1) is 0 Å². The van der Waals surface area contributed by atoms with E-state index >= 15 is 0 Å². The Morgan fingerprint density at radius 3 is 2.50 bits per heavy atom. The SMILES string of the molecule is N#Cc1cccc(CS(=O)(=O)CC(=O)Nc2ccccc2)c1. The molecule has 2 aromatic carbocycles. The first kappa shape index (κ1) is 15.7. The highest BCUT2D eigenvalue weighted by molar-refractivity contribution is 7.91. The quantitative estimate of drug-likeness (QED) is 0.915. The fourth-order valence-corrected chi connectivity index (χ4v) is 3.22. The van der Waals surface area contributed by atoms with Crippen LogP contribution in [0.4, 0.5) is 5.69 Å². The highest BCUT2D eigenvalue weighted by Crippen LogP contribution is 2.10. The monoisotopic (exact) mass is 314 g/mol. The molecule has 0 bridgehead atoms. The fourth-order valence-electron chi connectivity index (χ4n) is 1.95. The van der Waals surface area contributed by atoms with Crippen LogP contribution in [-0.4, -0.2) is 20.1 Å². The molecule has 0 saturated heterocycles. The van der Waals surface area contributed by atoms with Crippen LogP contribution in [0.15, 0.2) is 54.6 Å². The molecule has 2 aromatic rings. The molecule has 0 heterocycles. The molecule has 1 N–H and O–H groups in total. The summed E-state index contributed by atoms with van der Waals surface area (Å²) in [6.45, 7) is 0. The Bertz CT molecular complexity index is 809. The van der Waals surface area contributed by atoms with Gasteiger partial charge in [0, 0.05) is 5.69 Å². The Labute approximate surface area is 129 Å². The van der Waals surface area contributed by atoms with Crippen molar-refractivity contribution in [3.05, 3.63) is 65.7 Å². The molecule has 0 unspecified atom stereocenters. The standard InChI is InChI=1S/C16H14N2O3S/c17-10-13-5-4-6-14(9-13)11-22(20,21)12-16(19)18-15-7-2-1-3-8-15/h1-9H,11-12H2,(H,18,19). The highest BCUT2D eigenvalue weighted by Gasteiger charge is 2.17. The van der Waals surface area contributed by atoms with Crippen molar-refractivity contribution in [1.29, 1.82) is 5.26 Å². The van der Waals surface area contributed by atoms with Gasteiger partial charge < -0.3 is 5.32 Å². The smallest absolute Gasteiger partial charge is 0.239 e. The molecule has 22 heavy (non-hydrogen) atoms. The van der Waals surface area contributed by atoms with Crippen LogP contribution < -0.4 is 5.32 Å². The number of hydrogen-bond donors (Lipinski definition) is 1. The molecule has 2 rings (SSSR count). The number of carbonyl (C=O) groups excluding carboxylic acids is 1. The van der Waals surface area contributed by atoms with E-state index in [1.54, 1.807) is 48.5 Å². The van der Waals surface area contributed by atoms with Crippen LogP contribution in [0.2, 0.25) is 0 Å². The van der Waals surface area contributed by atoms with Crippen molar-refractivity contribution in [2.45, 2.75) is 5.75 Å². The van der Waals surface area contributed by atoms with Crippen LogP contribution in [0.1, 0.15) is 11.1 Å². The number of sulfone groups is 1. The minimum atomic E-state index is -3.60. The van der Waals surface area contributed by atoms with Crippen LogP contribution >= 0.6 is 0 Å². The third-order valence-corrected chi connectivity index (χ3v) is 4.33. The lowest BCUT2D eigenvalue weighted by molar-refractivity contribution is -0.113. The van der Waals surface area contributed by atoms with E-state index in [1.807, 2.05) is 6.07 Å². The topological polar surface area (TPSA) is 87.0 Å². The van der Waals surface area contributed by atoms with Crippen LogP contribution in [0.3, 0.4) is 0 Å². The van der Waals surface area contributed by atoms with E-state index in [0.717, 1.165) is 0 Å². The lowest BCUT2D eigenvalue weighted by atomic mass is 10.2. The van der Waals surface area contributed by atoms with Crippen LogP contribution in [0.25, 0.3) is 0 Å². The average Bonchev–Trinajstić information content (AvgIpc) is 2.47. The van der Waals surface area contributed by atoms with Crippen LogP contribution in [0, 0.1) is 11.3 Å². The Morgan fingerprint density at radius 2 is 1.82 bits per heavy atom. The van der Waals surface area contributed by atoms with Gasteiger partial charge in [-0.1, -0.05) is 30.3 Å². The fraction of sp³-hybridized carbons (Fsp3) is 0.125. The Hall–Kier alpha value is -2.65. The first-order chi connectivity index (χ1) is 10.5. The van der Waals surface area contributed by atoms with Gasteiger partial charge in [-0.2, -0.15) is 5.26 Å². The number of nitrogens with one attached hydrogen (secondary N) is 1. The van der Waals surface area contributed by atoms with E-state index in [2.05, 4.69) is 5.32 Å². The second kappa shape index (κ2) is 6.87. The molecule has 0 spiro atoms. The second-order valence-electron chi connectivity index (χ2n) is 4.76. The summed E-state index contributed by atoms with van der Waals surface area (Å²) in [5.41, 5.74) is 1.43. The van der Waals surface area contributed by atoms with E-state index in [1.165, 1.54) is 6.07 Å². The summed E-state index contributed by atoms with van der Waals surface area (Å²) in [6.07, 6.45) is 0. The molecule has 1 amide bonds. The molecular weight excluding hydrogens is 300 g/mol. The summed E-state index contributed by atoms with van der Waals surface area (Å²) in [6, 6.07) is 16.9. The summed E-state index contributed by atoms with van der Waals surface area (Å²) >= 11 is 0. The highest BCUT2D eigenvalue weighted by atomic mass is 32.2. The van der Waals surface area contributed by atoms with E-state index in [4.69, 9.17) is 5.26 Å². The molecule has 5 nitrogen and oxygen atoms in total. The van der Waals surface area contributed by atoms with Crippen molar-refractivity contribution in [2.75, 3.05) is 11.1 Å². The molecule has 112 valence electrons. The van der Waals surface area contributed by atoms with Crippen molar-refractivity contribution >= 4 is 21.4 Å². The zero-order valence-corrected chi connectivity index (χ0v) is 12.5. The van der Waals surface area contributed by atoms with E-state index < -0.39 is 21.5 Å². The third-order valence-electron chi connectivity index (χ3n) is 2.85. The van der Waals surface area contributed by atoms with Crippen LogP contribution in [0.5, 0.6) is 0 Å². The van der Waals surface area contributed by atoms with Crippen molar-refractivity contribution < 1.29 is 13.2 Å². The zero-order chi connectivity index (χ0) is 16.0. The van der Waals surface area contributed by atoms with Crippen molar-refractivity contribution in [2.24, 2.45) is 0 Å². The van der Waals surface area contributed by atoms with Gasteiger partial charge in [-0.25, -0.2) is 8.42 Å². The predicted molar refractivity (Wildman–Crippen MR) is 83.7 cm³/mol. The number of benzene rings is 2. The number of amides is 1. The molecule has 0 atom stereocenters. The summed E-state index contributed by atoms with van der Waals surface area (Å²) < 4.78 is 24.1. The van der Waals surface area contributed by atoms with E-state index in [-0.39, 0.29) is 5.75 Å². The van der Waals surface area contributed by atoms with E-state index in [0.29, 0.717) is 16.8 Å². The third kappa shape index (κ3) is 4.72. The van der Waals surface area contributed by atoms with Gasteiger partial charge in [0.05, 0.1) is 17.4 Å². The second-order valence-corrected chi connectivity index (χ2v) is 6.82. The molecule has 0 fully saturated rings. The Morgan fingerprint density at radius 1 is 1.09 bits per heavy atom. The Balaban J connectivity index is 2.01. The van der Waals surface area contributed by atoms with Gasteiger partial charge in [0.2, 0.25) is 5.91 Å². The average molecular weight is 314 g/mol. The first-order valence-electron chi connectivity index (χ1n) is 6.53. The lowest BCUT2D eigenvalue weighted by Crippen LogP contribution is -2.23. The maximum atomic E-state index is 12.1. The first-order valence-corrected chi connectivity index (χ1v) is 8.35. The molecule has 6 heteroatoms. The molecule has 0 aliphatic heterocycles.